The second-order valence-corrected chi connectivity index (χ2v) is 3.99. The van der Waals surface area contributed by atoms with Crippen LogP contribution in [0.4, 0.5) is 0 Å². The Morgan fingerprint density at radius 2 is 2.29 bits per heavy atom. The molecule has 0 saturated heterocycles. The third-order valence-corrected chi connectivity index (χ3v) is 1.89. The van der Waals surface area contributed by atoms with Crippen LogP contribution in [0.1, 0.15) is 24.4 Å². The third kappa shape index (κ3) is 3.34. The molecular weight excluding hydrogens is 178 g/mol. The van der Waals surface area contributed by atoms with Gasteiger partial charge in [-0.25, -0.2) is 0 Å². The highest BCUT2D eigenvalue weighted by Crippen LogP contribution is 2.03. The van der Waals surface area contributed by atoms with Gasteiger partial charge in [0.05, 0.1) is 12.8 Å². The number of nitrogens with zero attached hydrogens (tertiary/aromatic N) is 1. The molecule has 1 heterocycles. The fourth-order valence-electron chi connectivity index (χ4n) is 1.45. The maximum atomic E-state index is 11.6. The van der Waals surface area contributed by atoms with Crippen molar-refractivity contribution >= 4 is 5.78 Å². The van der Waals surface area contributed by atoms with E-state index in [1.165, 1.54) is 6.26 Å². The van der Waals surface area contributed by atoms with E-state index in [9.17, 15) is 4.79 Å². The van der Waals surface area contributed by atoms with Crippen LogP contribution in [0, 0.1) is 5.92 Å². The Labute approximate surface area is 84.7 Å². The lowest BCUT2D eigenvalue weighted by Crippen LogP contribution is -2.29. The highest BCUT2D eigenvalue weighted by Gasteiger charge is 2.12. The van der Waals surface area contributed by atoms with Crippen molar-refractivity contribution in [3.63, 3.8) is 0 Å². The van der Waals surface area contributed by atoms with Crippen LogP contribution < -0.4 is 0 Å². The van der Waals surface area contributed by atoms with Crippen LogP contribution >= 0.6 is 0 Å². The second kappa shape index (κ2) is 4.96. The molecule has 3 nitrogen and oxygen atoms in total. The highest BCUT2D eigenvalue weighted by atomic mass is 16.3. The molecule has 0 radical (unpaired) electrons. The predicted molar refractivity (Wildman–Crippen MR) is 55.4 cm³/mol. The maximum absolute atomic E-state index is 11.6. The SMILES string of the molecule is CC(C)CN(C)CC(=O)c1ccco1. The Bertz CT molecular complexity index is 277. The first-order valence-electron chi connectivity index (χ1n) is 4.85. The third-order valence-electron chi connectivity index (χ3n) is 1.89. The average Bonchev–Trinajstić information content (AvgIpc) is 2.53. The van der Waals surface area contributed by atoms with Gasteiger partial charge in [-0.2, -0.15) is 0 Å². The molecule has 1 aromatic heterocycles. The number of hydrogen-bond acceptors (Lipinski definition) is 3. The minimum atomic E-state index is 0.0400. The van der Waals surface area contributed by atoms with Crippen LogP contribution in [-0.2, 0) is 0 Å². The summed E-state index contributed by atoms with van der Waals surface area (Å²) in [6.07, 6.45) is 1.52. The Balaban J connectivity index is 2.41. The molecule has 0 aliphatic heterocycles. The zero-order valence-corrected chi connectivity index (χ0v) is 8.99. The number of likely N-dealkylation sites (N-methyl/N-ethyl adjacent to an activating group) is 1. The fraction of sp³-hybridized carbons (Fsp3) is 0.545. The lowest BCUT2D eigenvalue weighted by atomic mass is 10.2. The Morgan fingerprint density at radius 1 is 1.57 bits per heavy atom. The second-order valence-electron chi connectivity index (χ2n) is 3.99. The van der Waals surface area contributed by atoms with E-state index in [2.05, 4.69) is 13.8 Å². The molecule has 0 unspecified atom stereocenters. The number of carbonyl (C=O) groups is 1. The van der Waals surface area contributed by atoms with Crippen LogP contribution in [0.5, 0.6) is 0 Å². The molecular formula is C11H17NO2. The first-order chi connectivity index (χ1) is 6.59. The summed E-state index contributed by atoms with van der Waals surface area (Å²) < 4.78 is 5.02. The van der Waals surface area contributed by atoms with Crippen molar-refractivity contribution in [1.82, 2.24) is 4.90 Å². The lowest BCUT2D eigenvalue weighted by Gasteiger charge is -2.17. The van der Waals surface area contributed by atoms with E-state index in [1.54, 1.807) is 12.1 Å². The number of ketones is 1. The van der Waals surface area contributed by atoms with Crippen molar-refractivity contribution in [3.8, 4) is 0 Å². The molecule has 0 atom stereocenters. The Hall–Kier alpha value is -1.09. The smallest absolute Gasteiger partial charge is 0.211 e. The van der Waals surface area contributed by atoms with Gasteiger partial charge in [0.15, 0.2) is 5.76 Å². The number of hydrogen-bond donors (Lipinski definition) is 0. The molecule has 0 saturated carbocycles. The lowest BCUT2D eigenvalue weighted by molar-refractivity contribution is 0.0913. The molecule has 0 aliphatic carbocycles. The van der Waals surface area contributed by atoms with Crippen LogP contribution in [-0.4, -0.2) is 30.8 Å². The summed E-state index contributed by atoms with van der Waals surface area (Å²) in [7, 11) is 1.95. The van der Waals surface area contributed by atoms with Crippen LogP contribution in [0.25, 0.3) is 0 Å². The summed E-state index contributed by atoms with van der Waals surface area (Å²) in [6.45, 7) is 5.61. The molecule has 0 aromatic carbocycles. The van der Waals surface area contributed by atoms with Crippen LogP contribution in [0.2, 0.25) is 0 Å². The highest BCUT2D eigenvalue weighted by molar-refractivity contribution is 5.94. The van der Waals surface area contributed by atoms with Gasteiger partial charge in [0.1, 0.15) is 0 Å². The molecule has 3 heteroatoms. The number of furan rings is 1. The van der Waals surface area contributed by atoms with E-state index in [1.807, 2.05) is 11.9 Å². The molecule has 78 valence electrons. The number of carbonyl (C=O) groups excluding carboxylic acids is 1. The van der Waals surface area contributed by atoms with Gasteiger partial charge in [0.25, 0.3) is 0 Å². The van der Waals surface area contributed by atoms with Gasteiger partial charge in [-0.3, -0.25) is 9.69 Å². The topological polar surface area (TPSA) is 33.5 Å². The van der Waals surface area contributed by atoms with Crippen molar-refractivity contribution in [2.45, 2.75) is 13.8 Å². The molecule has 0 N–H and O–H groups in total. The average molecular weight is 195 g/mol. The van der Waals surface area contributed by atoms with E-state index in [0.717, 1.165) is 6.54 Å². The van der Waals surface area contributed by atoms with E-state index in [0.29, 0.717) is 18.2 Å². The molecule has 0 aliphatic rings. The van der Waals surface area contributed by atoms with Gasteiger partial charge in [-0.05, 0) is 25.1 Å². The summed E-state index contributed by atoms with van der Waals surface area (Å²) in [5.41, 5.74) is 0. The van der Waals surface area contributed by atoms with Gasteiger partial charge in [0, 0.05) is 6.54 Å². The van der Waals surface area contributed by atoms with Crippen LogP contribution in [0.15, 0.2) is 22.8 Å². The van der Waals surface area contributed by atoms with Crippen molar-refractivity contribution in [2.24, 2.45) is 5.92 Å². The van der Waals surface area contributed by atoms with Crippen molar-refractivity contribution in [1.29, 1.82) is 0 Å². The molecule has 0 amide bonds. The first-order valence-corrected chi connectivity index (χ1v) is 4.85. The molecule has 0 bridgehead atoms. The largest absolute Gasteiger partial charge is 0.461 e. The van der Waals surface area contributed by atoms with Gasteiger partial charge < -0.3 is 4.42 Å². The van der Waals surface area contributed by atoms with E-state index in [4.69, 9.17) is 4.42 Å². The zero-order valence-electron chi connectivity index (χ0n) is 8.99. The van der Waals surface area contributed by atoms with Crippen molar-refractivity contribution in [3.05, 3.63) is 24.2 Å². The maximum Gasteiger partial charge on any atom is 0.211 e. The monoisotopic (exact) mass is 195 g/mol. The van der Waals surface area contributed by atoms with Gasteiger partial charge in [-0.15, -0.1) is 0 Å². The minimum Gasteiger partial charge on any atom is -0.461 e. The van der Waals surface area contributed by atoms with Gasteiger partial charge in [-0.1, -0.05) is 13.8 Å². The van der Waals surface area contributed by atoms with E-state index >= 15 is 0 Å². The standard InChI is InChI=1S/C11H17NO2/c1-9(2)7-12(3)8-10(13)11-5-4-6-14-11/h4-6,9H,7-8H2,1-3H3. The number of rotatable bonds is 5. The van der Waals surface area contributed by atoms with E-state index < -0.39 is 0 Å². The van der Waals surface area contributed by atoms with Crippen molar-refractivity contribution in [2.75, 3.05) is 20.1 Å². The zero-order chi connectivity index (χ0) is 10.6. The summed E-state index contributed by atoms with van der Waals surface area (Å²) in [4.78, 5) is 13.6. The quantitative estimate of drug-likeness (QED) is 0.674. The van der Waals surface area contributed by atoms with Crippen LogP contribution in [0.3, 0.4) is 0 Å². The molecule has 0 spiro atoms. The summed E-state index contributed by atoms with van der Waals surface area (Å²) in [6, 6.07) is 3.43. The normalized spacial score (nSPS) is 11.2. The summed E-state index contributed by atoms with van der Waals surface area (Å²) in [5.74, 6) is 1.06. The minimum absolute atomic E-state index is 0.0400. The first kappa shape index (κ1) is 11.0. The Morgan fingerprint density at radius 3 is 2.79 bits per heavy atom. The summed E-state index contributed by atoms with van der Waals surface area (Å²) >= 11 is 0. The van der Waals surface area contributed by atoms with Gasteiger partial charge >= 0.3 is 0 Å². The number of Topliss-reactive ketones (excluding diaryl/α,β-unsaturated/α-hetero) is 1. The Kier molecular flexibility index (Phi) is 3.89. The fourth-order valence-corrected chi connectivity index (χ4v) is 1.45. The molecule has 1 rings (SSSR count). The van der Waals surface area contributed by atoms with Gasteiger partial charge in [0.2, 0.25) is 5.78 Å². The van der Waals surface area contributed by atoms with Crippen molar-refractivity contribution < 1.29 is 9.21 Å². The summed E-state index contributed by atoms with van der Waals surface area (Å²) in [5, 5.41) is 0. The molecule has 0 fully saturated rings. The molecule has 14 heavy (non-hydrogen) atoms. The predicted octanol–water partition coefficient (Wildman–Crippen LogP) is 2.05. The van der Waals surface area contributed by atoms with E-state index in [-0.39, 0.29) is 5.78 Å². The molecule has 1 aromatic rings.